The molecule has 1 heterocycles. The minimum absolute atomic E-state index is 0.0308. The van der Waals surface area contributed by atoms with E-state index in [4.69, 9.17) is 0 Å². The van der Waals surface area contributed by atoms with E-state index in [-0.39, 0.29) is 17.3 Å². The summed E-state index contributed by atoms with van der Waals surface area (Å²) < 4.78 is 0. The molecular weight excluding hydrogens is 272 g/mol. The lowest BCUT2D eigenvalue weighted by Gasteiger charge is -2.08. The number of carbonyl (C=O) groups is 1. The summed E-state index contributed by atoms with van der Waals surface area (Å²) in [6, 6.07) is 8.64. The smallest absolute Gasteiger partial charge is 0.159 e. The lowest BCUT2D eigenvalue weighted by Crippen LogP contribution is -1.92. The van der Waals surface area contributed by atoms with Gasteiger partial charge in [-0.2, -0.15) is 0 Å². The summed E-state index contributed by atoms with van der Waals surface area (Å²) in [5.74, 6) is -0.235. The van der Waals surface area contributed by atoms with Crippen LogP contribution in [0.1, 0.15) is 28.4 Å². The summed E-state index contributed by atoms with van der Waals surface area (Å²) in [5, 5.41) is 19.2. The molecule has 4 heteroatoms. The number of phenols is 2. The van der Waals surface area contributed by atoms with Gasteiger partial charge in [0, 0.05) is 15.4 Å². The highest BCUT2D eigenvalue weighted by Crippen LogP contribution is 2.41. The van der Waals surface area contributed by atoms with Gasteiger partial charge in [-0.1, -0.05) is 30.0 Å². The lowest BCUT2D eigenvalue weighted by molar-refractivity contribution is 0.101. The van der Waals surface area contributed by atoms with Crippen molar-refractivity contribution in [3.8, 4) is 11.5 Å². The third-order valence-corrected chi connectivity index (χ3v) is 4.35. The molecule has 100 valence electrons. The quantitative estimate of drug-likeness (QED) is 0.525. The summed E-state index contributed by atoms with van der Waals surface area (Å²) in [5.41, 5.74) is 2.47. The number of carbonyl (C=O) groups excluding carboxylic acids is 1. The number of aromatic hydroxyl groups is 2. The largest absolute Gasteiger partial charge is 0.504 e. The number of benzene rings is 2. The van der Waals surface area contributed by atoms with Crippen LogP contribution >= 0.6 is 11.8 Å². The Hall–Kier alpha value is -2.20. The molecule has 2 N–H and O–H groups in total. The second-order valence-corrected chi connectivity index (χ2v) is 5.71. The number of fused-ring (bicyclic) bond motifs is 2. The molecule has 0 saturated carbocycles. The van der Waals surface area contributed by atoms with Crippen molar-refractivity contribution in [1.29, 1.82) is 0 Å². The highest BCUT2D eigenvalue weighted by atomic mass is 32.2. The van der Waals surface area contributed by atoms with Crippen LogP contribution in [0.5, 0.6) is 11.5 Å². The van der Waals surface area contributed by atoms with Crippen LogP contribution < -0.4 is 0 Å². The molecule has 0 unspecified atom stereocenters. The van der Waals surface area contributed by atoms with Crippen molar-refractivity contribution in [3.05, 3.63) is 47.0 Å². The standard InChI is InChI=1S/C16H12O3S/c1-9(17)10-4-5-15-11(6-10)2-3-12-7-13(18)14(19)8-16(12)20-15/h2-8,18-19H,1H3. The minimum Gasteiger partial charge on any atom is -0.504 e. The number of rotatable bonds is 1. The number of hydrogen-bond donors (Lipinski definition) is 2. The third-order valence-electron chi connectivity index (χ3n) is 3.19. The molecule has 1 aliphatic rings. The molecular formula is C16H12O3S. The second kappa shape index (κ2) is 4.72. The molecule has 20 heavy (non-hydrogen) atoms. The fourth-order valence-corrected chi connectivity index (χ4v) is 3.11. The monoisotopic (exact) mass is 284 g/mol. The number of phenolic OH excluding ortho intramolecular Hbond substituents is 2. The number of hydrogen-bond acceptors (Lipinski definition) is 4. The van der Waals surface area contributed by atoms with Crippen molar-refractivity contribution in [2.75, 3.05) is 0 Å². The Bertz CT molecular complexity index is 748. The van der Waals surface area contributed by atoms with Gasteiger partial charge in [0.1, 0.15) is 0 Å². The van der Waals surface area contributed by atoms with E-state index in [0.29, 0.717) is 5.56 Å². The molecule has 0 radical (unpaired) electrons. The third kappa shape index (κ3) is 2.18. The molecule has 0 fully saturated rings. The van der Waals surface area contributed by atoms with E-state index in [1.807, 2.05) is 24.3 Å². The molecule has 0 aliphatic carbocycles. The molecule has 0 aromatic heterocycles. The normalized spacial score (nSPS) is 12.4. The van der Waals surface area contributed by atoms with E-state index in [9.17, 15) is 15.0 Å². The maximum Gasteiger partial charge on any atom is 0.159 e. The predicted octanol–water partition coefficient (Wildman–Crippen LogP) is 3.94. The van der Waals surface area contributed by atoms with Crippen LogP contribution in [0.15, 0.2) is 40.1 Å². The lowest BCUT2D eigenvalue weighted by atomic mass is 10.1. The second-order valence-electron chi connectivity index (χ2n) is 4.62. The van der Waals surface area contributed by atoms with Crippen LogP contribution in [0, 0.1) is 0 Å². The van der Waals surface area contributed by atoms with E-state index in [0.717, 1.165) is 20.9 Å². The van der Waals surface area contributed by atoms with E-state index in [1.54, 1.807) is 19.1 Å². The van der Waals surface area contributed by atoms with E-state index >= 15 is 0 Å². The molecule has 0 atom stereocenters. The fraction of sp³-hybridized carbons (Fsp3) is 0.0625. The molecule has 1 aliphatic heterocycles. The SMILES string of the molecule is CC(=O)c1ccc2c(c1)C=Cc1cc(O)c(O)cc1S2. The minimum atomic E-state index is -0.135. The zero-order valence-corrected chi connectivity index (χ0v) is 11.6. The van der Waals surface area contributed by atoms with Crippen LogP contribution in [0.3, 0.4) is 0 Å². The Kier molecular flexibility index (Phi) is 3.03. The maximum atomic E-state index is 11.4. The zero-order chi connectivity index (χ0) is 14.3. The van der Waals surface area contributed by atoms with Crippen molar-refractivity contribution < 1.29 is 15.0 Å². The van der Waals surface area contributed by atoms with Gasteiger partial charge in [-0.15, -0.1) is 0 Å². The molecule has 2 aromatic carbocycles. The predicted molar refractivity (Wildman–Crippen MR) is 79.3 cm³/mol. The highest BCUT2D eigenvalue weighted by molar-refractivity contribution is 7.99. The van der Waals surface area contributed by atoms with Crippen molar-refractivity contribution in [3.63, 3.8) is 0 Å². The molecule has 3 rings (SSSR count). The van der Waals surface area contributed by atoms with Crippen molar-refractivity contribution in [2.45, 2.75) is 16.7 Å². The van der Waals surface area contributed by atoms with Crippen LogP contribution in [-0.2, 0) is 0 Å². The van der Waals surface area contributed by atoms with Gasteiger partial charge in [-0.3, -0.25) is 4.79 Å². The topological polar surface area (TPSA) is 57.5 Å². The van der Waals surface area contributed by atoms with Crippen LogP contribution in [-0.4, -0.2) is 16.0 Å². The highest BCUT2D eigenvalue weighted by Gasteiger charge is 2.14. The van der Waals surface area contributed by atoms with Crippen LogP contribution in [0.2, 0.25) is 0 Å². The van der Waals surface area contributed by atoms with Crippen molar-refractivity contribution in [1.82, 2.24) is 0 Å². The van der Waals surface area contributed by atoms with Gasteiger partial charge >= 0.3 is 0 Å². The Morgan fingerprint density at radius 3 is 2.30 bits per heavy atom. The van der Waals surface area contributed by atoms with Gasteiger partial charge in [0.25, 0.3) is 0 Å². The molecule has 3 nitrogen and oxygen atoms in total. The van der Waals surface area contributed by atoms with Gasteiger partial charge in [0.2, 0.25) is 0 Å². The first-order chi connectivity index (χ1) is 9.54. The fourth-order valence-electron chi connectivity index (χ4n) is 2.08. The maximum absolute atomic E-state index is 11.4. The van der Waals surface area contributed by atoms with E-state index < -0.39 is 0 Å². The Labute approximate surface area is 120 Å². The van der Waals surface area contributed by atoms with Gasteiger partial charge in [-0.05, 0) is 42.3 Å². The summed E-state index contributed by atoms with van der Waals surface area (Å²) in [6.07, 6.45) is 3.79. The van der Waals surface area contributed by atoms with Crippen LogP contribution in [0.25, 0.3) is 12.2 Å². The summed E-state index contributed by atoms with van der Waals surface area (Å²) >= 11 is 1.50. The zero-order valence-electron chi connectivity index (χ0n) is 10.8. The molecule has 2 aromatic rings. The average molecular weight is 284 g/mol. The van der Waals surface area contributed by atoms with E-state index in [2.05, 4.69) is 0 Å². The summed E-state index contributed by atoms with van der Waals surface area (Å²) in [6.45, 7) is 1.54. The first-order valence-corrected chi connectivity index (χ1v) is 6.93. The summed E-state index contributed by atoms with van der Waals surface area (Å²) in [7, 11) is 0. The molecule has 0 bridgehead atoms. The van der Waals surface area contributed by atoms with E-state index in [1.165, 1.54) is 17.8 Å². The Morgan fingerprint density at radius 2 is 1.60 bits per heavy atom. The van der Waals surface area contributed by atoms with Gasteiger partial charge in [-0.25, -0.2) is 0 Å². The average Bonchev–Trinajstić information content (AvgIpc) is 2.58. The van der Waals surface area contributed by atoms with Gasteiger partial charge in [0.15, 0.2) is 17.3 Å². The van der Waals surface area contributed by atoms with Gasteiger partial charge in [0.05, 0.1) is 0 Å². The number of ketones is 1. The molecule has 0 amide bonds. The van der Waals surface area contributed by atoms with Crippen molar-refractivity contribution in [2.24, 2.45) is 0 Å². The Balaban J connectivity index is 2.12. The van der Waals surface area contributed by atoms with Crippen molar-refractivity contribution >= 4 is 29.7 Å². The first-order valence-electron chi connectivity index (χ1n) is 6.11. The number of Topliss-reactive ketones (excluding diaryl/α,β-unsaturated/α-hetero) is 1. The Morgan fingerprint density at radius 1 is 0.950 bits per heavy atom. The molecule has 0 spiro atoms. The summed E-state index contributed by atoms with van der Waals surface area (Å²) in [4.78, 5) is 13.3. The molecule has 0 saturated heterocycles. The first kappa shape index (κ1) is 12.8. The van der Waals surface area contributed by atoms with Crippen LogP contribution in [0.4, 0.5) is 0 Å². The van der Waals surface area contributed by atoms with Gasteiger partial charge < -0.3 is 10.2 Å².